The van der Waals surface area contributed by atoms with E-state index in [4.69, 9.17) is 10.2 Å². The Morgan fingerprint density at radius 2 is 1.94 bits per heavy atom. The van der Waals surface area contributed by atoms with Crippen molar-refractivity contribution in [3.63, 3.8) is 0 Å². The largest absolute Gasteiger partial charge is 0.477 e. The lowest BCUT2D eigenvalue weighted by molar-refractivity contribution is -0.312. The Morgan fingerprint density at radius 1 is 1.39 bits per heavy atom. The Kier molecular flexibility index (Phi) is 4.61. The molecule has 1 saturated heterocycles. The number of hydrogen-bond acceptors (Lipinski definition) is 8. The van der Waals surface area contributed by atoms with Gasteiger partial charge in [-0.1, -0.05) is 0 Å². The summed E-state index contributed by atoms with van der Waals surface area (Å²) in [5, 5.41) is 64.6. The van der Waals surface area contributed by atoms with Crippen LogP contribution in [0, 0.1) is 0 Å². The van der Waals surface area contributed by atoms with Crippen molar-refractivity contribution in [3.8, 4) is 0 Å². The van der Waals surface area contributed by atoms with Crippen LogP contribution in [-0.2, 0) is 9.53 Å². The summed E-state index contributed by atoms with van der Waals surface area (Å²) in [7, 11) is 0. The van der Waals surface area contributed by atoms with Crippen LogP contribution in [0.5, 0.6) is 0 Å². The Balaban J connectivity index is 2.92. The minimum absolute atomic E-state index is 0.790. The van der Waals surface area contributed by atoms with Gasteiger partial charge in [0.2, 0.25) is 0 Å². The van der Waals surface area contributed by atoms with Crippen molar-refractivity contribution in [2.24, 2.45) is 0 Å². The molecule has 1 aliphatic heterocycles. The highest BCUT2D eigenvalue weighted by atomic mass is 16.7. The average molecular weight is 268 g/mol. The van der Waals surface area contributed by atoms with Gasteiger partial charge in [-0.05, 0) is 0 Å². The third-order valence-corrected chi connectivity index (χ3v) is 2.80. The molecule has 1 unspecified atom stereocenters. The van der Waals surface area contributed by atoms with E-state index in [0.717, 1.165) is 0 Å². The van der Waals surface area contributed by atoms with Crippen LogP contribution >= 0.6 is 0 Å². The Morgan fingerprint density at radius 3 is 2.39 bits per heavy atom. The van der Waals surface area contributed by atoms with E-state index in [1.807, 2.05) is 0 Å². The van der Waals surface area contributed by atoms with Gasteiger partial charge < -0.3 is 40.5 Å². The molecule has 0 aromatic carbocycles. The maximum absolute atomic E-state index is 10.8. The van der Waals surface area contributed by atoms with Crippen molar-refractivity contribution >= 4 is 5.97 Å². The minimum Gasteiger partial charge on any atom is -0.477 e. The number of carbonyl (C=O) groups is 1. The molecular formula is C9H16O9. The third-order valence-electron chi connectivity index (χ3n) is 2.80. The molecule has 0 aromatic heterocycles. The summed E-state index contributed by atoms with van der Waals surface area (Å²) in [6, 6.07) is 0. The second kappa shape index (κ2) is 5.45. The van der Waals surface area contributed by atoms with E-state index >= 15 is 0 Å². The van der Waals surface area contributed by atoms with Gasteiger partial charge in [-0.15, -0.1) is 0 Å². The molecule has 0 radical (unpaired) electrons. The smallest absolute Gasteiger partial charge is 0.364 e. The molecule has 18 heavy (non-hydrogen) atoms. The zero-order valence-corrected chi connectivity index (χ0v) is 9.25. The van der Waals surface area contributed by atoms with Crippen LogP contribution in [-0.4, -0.2) is 84.6 Å². The third kappa shape index (κ3) is 2.78. The number of aliphatic hydroxyl groups is 6. The number of carboxylic acids is 1. The van der Waals surface area contributed by atoms with E-state index < -0.39 is 55.3 Å². The van der Waals surface area contributed by atoms with Gasteiger partial charge in [0.15, 0.2) is 0 Å². The SMILES string of the molecule is O=C(O)C1(O)C[C@H](O)[C@@H](O)[C@H]([C@@H](O)[C@@H](O)CO)O1. The second-order valence-corrected chi connectivity index (χ2v) is 4.17. The fourth-order valence-electron chi connectivity index (χ4n) is 1.70. The van der Waals surface area contributed by atoms with Crippen LogP contribution in [0.3, 0.4) is 0 Å². The molecule has 0 amide bonds. The first-order valence-electron chi connectivity index (χ1n) is 5.19. The number of aliphatic carboxylic acids is 1. The van der Waals surface area contributed by atoms with Crippen molar-refractivity contribution in [2.45, 2.75) is 42.7 Å². The number of carboxylic acid groups (broad SMARTS) is 1. The zero-order valence-electron chi connectivity index (χ0n) is 9.25. The molecule has 0 spiro atoms. The van der Waals surface area contributed by atoms with Gasteiger partial charge >= 0.3 is 5.97 Å². The topological polar surface area (TPSA) is 168 Å². The van der Waals surface area contributed by atoms with Crippen molar-refractivity contribution < 1.29 is 45.3 Å². The Bertz CT molecular complexity index is 308. The molecule has 0 aromatic rings. The Hall–Kier alpha value is -0.810. The summed E-state index contributed by atoms with van der Waals surface area (Å²) in [4.78, 5) is 10.8. The van der Waals surface area contributed by atoms with Crippen LogP contribution in [0.25, 0.3) is 0 Å². The summed E-state index contributed by atoms with van der Waals surface area (Å²) in [5.74, 6) is -4.58. The normalized spacial score (nSPS) is 40.2. The quantitative estimate of drug-likeness (QED) is 0.268. The van der Waals surface area contributed by atoms with Crippen LogP contribution in [0.15, 0.2) is 0 Å². The Labute approximate surface area is 101 Å². The van der Waals surface area contributed by atoms with Gasteiger partial charge in [0, 0.05) is 6.42 Å². The lowest BCUT2D eigenvalue weighted by atomic mass is 9.91. The lowest BCUT2D eigenvalue weighted by Crippen LogP contribution is -2.63. The summed E-state index contributed by atoms with van der Waals surface area (Å²) in [5.41, 5.74) is 0. The maximum atomic E-state index is 10.8. The van der Waals surface area contributed by atoms with Crippen LogP contribution in [0.1, 0.15) is 6.42 Å². The molecular weight excluding hydrogens is 252 g/mol. The number of ether oxygens (including phenoxy) is 1. The van der Waals surface area contributed by atoms with E-state index in [9.17, 15) is 30.3 Å². The zero-order chi connectivity index (χ0) is 14.1. The standard InChI is InChI=1S/C9H16O9/c10-2-4(12)6(14)7-5(13)3(11)1-9(17,18-7)8(15)16/h3-7,10-14,17H,1-2H2,(H,15,16)/t3-,4-,5+,6-,7+,9?/m0/s1. The van der Waals surface area contributed by atoms with Crippen molar-refractivity contribution in [1.82, 2.24) is 0 Å². The first-order valence-corrected chi connectivity index (χ1v) is 5.19. The fraction of sp³-hybridized carbons (Fsp3) is 0.889. The first-order chi connectivity index (χ1) is 8.23. The number of hydrogen-bond donors (Lipinski definition) is 7. The van der Waals surface area contributed by atoms with Gasteiger partial charge in [0.05, 0.1) is 12.7 Å². The van der Waals surface area contributed by atoms with Crippen molar-refractivity contribution in [3.05, 3.63) is 0 Å². The predicted molar refractivity (Wildman–Crippen MR) is 53.2 cm³/mol. The minimum atomic E-state index is -2.78. The molecule has 0 aliphatic carbocycles. The number of aliphatic hydroxyl groups excluding tert-OH is 5. The van der Waals surface area contributed by atoms with Crippen LogP contribution in [0.4, 0.5) is 0 Å². The molecule has 1 aliphatic rings. The van der Waals surface area contributed by atoms with Crippen molar-refractivity contribution in [2.75, 3.05) is 6.61 Å². The van der Waals surface area contributed by atoms with Gasteiger partial charge in [0.1, 0.15) is 24.4 Å². The van der Waals surface area contributed by atoms with Gasteiger partial charge in [0.25, 0.3) is 5.79 Å². The number of rotatable bonds is 4. The van der Waals surface area contributed by atoms with Gasteiger partial charge in [-0.25, -0.2) is 4.79 Å². The molecule has 0 saturated carbocycles. The highest BCUT2D eigenvalue weighted by molar-refractivity contribution is 5.75. The summed E-state index contributed by atoms with van der Waals surface area (Å²) >= 11 is 0. The predicted octanol–water partition coefficient (Wildman–Crippen LogP) is -4.02. The summed E-state index contributed by atoms with van der Waals surface area (Å²) < 4.78 is 4.63. The fourth-order valence-corrected chi connectivity index (χ4v) is 1.70. The lowest BCUT2D eigenvalue weighted by Gasteiger charge is -2.42. The van der Waals surface area contributed by atoms with Crippen LogP contribution < -0.4 is 0 Å². The molecule has 1 heterocycles. The van der Waals surface area contributed by atoms with E-state index in [2.05, 4.69) is 4.74 Å². The molecule has 106 valence electrons. The molecule has 1 rings (SSSR count). The van der Waals surface area contributed by atoms with E-state index in [1.54, 1.807) is 0 Å². The second-order valence-electron chi connectivity index (χ2n) is 4.17. The van der Waals surface area contributed by atoms with Crippen LogP contribution in [0.2, 0.25) is 0 Å². The summed E-state index contributed by atoms with van der Waals surface area (Å²) in [6.45, 7) is -0.866. The molecule has 9 heteroatoms. The molecule has 7 N–H and O–H groups in total. The molecule has 6 atom stereocenters. The van der Waals surface area contributed by atoms with Crippen molar-refractivity contribution in [1.29, 1.82) is 0 Å². The highest BCUT2D eigenvalue weighted by Gasteiger charge is 2.53. The first kappa shape index (κ1) is 15.2. The van der Waals surface area contributed by atoms with Gasteiger partial charge in [-0.3, -0.25) is 0 Å². The monoisotopic (exact) mass is 268 g/mol. The summed E-state index contributed by atoms with van der Waals surface area (Å²) in [6.07, 6.45) is -9.50. The molecule has 1 fully saturated rings. The average Bonchev–Trinajstić information content (AvgIpc) is 2.31. The van der Waals surface area contributed by atoms with E-state index in [-0.39, 0.29) is 0 Å². The highest BCUT2D eigenvalue weighted by Crippen LogP contribution is 2.30. The molecule has 9 nitrogen and oxygen atoms in total. The van der Waals surface area contributed by atoms with E-state index in [0.29, 0.717) is 0 Å². The van der Waals surface area contributed by atoms with E-state index in [1.165, 1.54) is 0 Å². The van der Waals surface area contributed by atoms with Gasteiger partial charge in [-0.2, -0.15) is 0 Å². The molecule has 0 bridgehead atoms. The maximum Gasteiger partial charge on any atom is 0.364 e.